The van der Waals surface area contributed by atoms with Crippen LogP contribution in [-0.2, 0) is 13.0 Å². The van der Waals surface area contributed by atoms with Crippen molar-refractivity contribution in [1.29, 1.82) is 0 Å². The molecule has 2 rings (SSSR count). The normalized spacial score (nSPS) is 15.1. The molecule has 1 heterocycles. The molecule has 1 aromatic rings. The van der Waals surface area contributed by atoms with Crippen LogP contribution in [0.4, 0.5) is 0 Å². The lowest BCUT2D eigenvalue weighted by molar-refractivity contribution is 0.0706. The number of hydrogen-bond donors (Lipinski definition) is 2. The molecule has 1 aliphatic rings. The average molecular weight is 262 g/mol. The van der Waals surface area contributed by atoms with Gasteiger partial charge in [0.05, 0.1) is 0 Å². The standard InChI is InChI=1S/C15H22N2O2/c1-2-3-4-8-17-9-7-12-10-13(15(18)16-19)5-6-14(12)11-17/h5-6,10,19H,2-4,7-9,11H2,1H3,(H,16,18). The summed E-state index contributed by atoms with van der Waals surface area (Å²) in [6.45, 7) is 5.41. The largest absolute Gasteiger partial charge is 0.299 e. The van der Waals surface area contributed by atoms with Gasteiger partial charge in [-0.3, -0.25) is 14.9 Å². The van der Waals surface area contributed by atoms with Gasteiger partial charge in [-0.15, -0.1) is 0 Å². The van der Waals surface area contributed by atoms with Gasteiger partial charge in [0.25, 0.3) is 5.91 Å². The Morgan fingerprint density at radius 3 is 2.95 bits per heavy atom. The minimum absolute atomic E-state index is 0.437. The summed E-state index contributed by atoms with van der Waals surface area (Å²) >= 11 is 0. The van der Waals surface area contributed by atoms with Gasteiger partial charge >= 0.3 is 0 Å². The van der Waals surface area contributed by atoms with Gasteiger partial charge < -0.3 is 0 Å². The van der Waals surface area contributed by atoms with Gasteiger partial charge in [0.1, 0.15) is 0 Å². The number of rotatable bonds is 5. The molecule has 0 aromatic heterocycles. The molecule has 0 fully saturated rings. The Morgan fingerprint density at radius 1 is 1.37 bits per heavy atom. The molecular formula is C15H22N2O2. The maximum absolute atomic E-state index is 11.4. The van der Waals surface area contributed by atoms with Crippen LogP contribution in [0.3, 0.4) is 0 Å². The van der Waals surface area contributed by atoms with Gasteiger partial charge in [-0.05, 0) is 42.6 Å². The van der Waals surface area contributed by atoms with Gasteiger partial charge in [0.2, 0.25) is 0 Å². The number of nitrogens with zero attached hydrogens (tertiary/aromatic N) is 1. The zero-order valence-electron chi connectivity index (χ0n) is 11.5. The Hall–Kier alpha value is -1.39. The lowest BCUT2D eigenvalue weighted by atomic mass is 9.97. The topological polar surface area (TPSA) is 52.6 Å². The van der Waals surface area contributed by atoms with E-state index in [9.17, 15) is 4.79 Å². The van der Waals surface area contributed by atoms with E-state index >= 15 is 0 Å². The first kappa shape index (κ1) is 14.0. The second-order valence-electron chi connectivity index (χ2n) is 5.16. The number of hydrogen-bond acceptors (Lipinski definition) is 3. The second kappa shape index (κ2) is 6.68. The lowest BCUT2D eigenvalue weighted by Gasteiger charge is -2.29. The molecule has 2 N–H and O–H groups in total. The third kappa shape index (κ3) is 3.55. The lowest BCUT2D eigenvalue weighted by Crippen LogP contribution is -2.31. The maximum atomic E-state index is 11.4. The fourth-order valence-corrected chi connectivity index (χ4v) is 2.59. The van der Waals surface area contributed by atoms with E-state index in [1.807, 2.05) is 12.1 Å². The van der Waals surface area contributed by atoms with Crippen LogP contribution in [0.1, 0.15) is 47.7 Å². The van der Waals surface area contributed by atoms with Crippen LogP contribution < -0.4 is 5.48 Å². The molecule has 0 unspecified atom stereocenters. The predicted octanol–water partition coefficient (Wildman–Crippen LogP) is 2.35. The molecule has 0 bridgehead atoms. The van der Waals surface area contributed by atoms with Crippen LogP contribution in [0.2, 0.25) is 0 Å². The van der Waals surface area contributed by atoms with Crippen LogP contribution >= 0.6 is 0 Å². The van der Waals surface area contributed by atoms with Gasteiger partial charge in [0, 0.05) is 18.7 Å². The summed E-state index contributed by atoms with van der Waals surface area (Å²) < 4.78 is 0. The Kier molecular flexibility index (Phi) is 4.93. The summed E-state index contributed by atoms with van der Waals surface area (Å²) in [7, 11) is 0. The molecule has 4 nitrogen and oxygen atoms in total. The number of amides is 1. The first-order valence-corrected chi connectivity index (χ1v) is 7.03. The maximum Gasteiger partial charge on any atom is 0.274 e. The number of carbonyl (C=O) groups excluding carboxylic acids is 1. The highest BCUT2D eigenvalue weighted by Gasteiger charge is 2.17. The van der Waals surface area contributed by atoms with Gasteiger partial charge in [-0.25, -0.2) is 5.48 Å². The smallest absolute Gasteiger partial charge is 0.274 e. The molecule has 0 radical (unpaired) electrons. The molecule has 1 aromatic carbocycles. The number of unbranched alkanes of at least 4 members (excludes halogenated alkanes) is 2. The van der Waals surface area contributed by atoms with Crippen LogP contribution in [-0.4, -0.2) is 29.1 Å². The SMILES string of the molecule is CCCCCN1CCc2cc(C(=O)NO)ccc2C1. The molecule has 1 aliphatic heterocycles. The Balaban J connectivity index is 2.00. The van der Waals surface area contributed by atoms with E-state index in [0.717, 1.165) is 26.1 Å². The summed E-state index contributed by atoms with van der Waals surface area (Å²) in [5.41, 5.74) is 4.74. The van der Waals surface area contributed by atoms with Crippen molar-refractivity contribution in [2.45, 2.75) is 39.2 Å². The third-order valence-electron chi connectivity index (χ3n) is 3.74. The zero-order valence-corrected chi connectivity index (χ0v) is 11.5. The van der Waals surface area contributed by atoms with Gasteiger partial charge in [0.15, 0.2) is 0 Å². The molecule has 19 heavy (non-hydrogen) atoms. The van der Waals surface area contributed by atoms with E-state index in [-0.39, 0.29) is 0 Å². The molecule has 0 atom stereocenters. The quantitative estimate of drug-likeness (QED) is 0.486. The average Bonchev–Trinajstić information content (AvgIpc) is 2.46. The van der Waals surface area contributed by atoms with Gasteiger partial charge in [-0.1, -0.05) is 25.8 Å². The minimum atomic E-state index is -0.437. The van der Waals surface area contributed by atoms with Crippen molar-refractivity contribution in [2.24, 2.45) is 0 Å². The van der Waals surface area contributed by atoms with Crippen LogP contribution in [0.5, 0.6) is 0 Å². The highest BCUT2D eigenvalue weighted by Crippen LogP contribution is 2.20. The Labute approximate surface area is 114 Å². The number of carbonyl (C=O) groups is 1. The van der Waals surface area contributed by atoms with E-state index in [0.29, 0.717) is 5.56 Å². The third-order valence-corrected chi connectivity index (χ3v) is 3.74. The molecular weight excluding hydrogens is 240 g/mol. The predicted molar refractivity (Wildman–Crippen MR) is 74.2 cm³/mol. The molecule has 0 spiro atoms. The summed E-state index contributed by atoms with van der Waals surface area (Å²) in [5, 5.41) is 8.65. The molecule has 1 amide bonds. The van der Waals surface area contributed by atoms with Crippen molar-refractivity contribution >= 4 is 5.91 Å². The van der Waals surface area contributed by atoms with Crippen LogP contribution in [0, 0.1) is 0 Å². The van der Waals surface area contributed by atoms with Crippen LogP contribution in [0.25, 0.3) is 0 Å². The molecule has 4 heteroatoms. The Morgan fingerprint density at radius 2 is 2.21 bits per heavy atom. The van der Waals surface area contributed by atoms with E-state index in [1.165, 1.54) is 30.4 Å². The number of fused-ring (bicyclic) bond motifs is 1. The van der Waals surface area contributed by atoms with Crippen LogP contribution in [0.15, 0.2) is 18.2 Å². The molecule has 0 saturated heterocycles. The highest BCUT2D eigenvalue weighted by molar-refractivity contribution is 5.93. The summed E-state index contributed by atoms with van der Waals surface area (Å²) in [5.74, 6) is -0.437. The van der Waals surface area contributed by atoms with E-state index in [2.05, 4.69) is 11.8 Å². The summed E-state index contributed by atoms with van der Waals surface area (Å²) in [6.07, 6.45) is 4.79. The van der Waals surface area contributed by atoms with Crippen molar-refractivity contribution < 1.29 is 10.0 Å². The summed E-state index contributed by atoms with van der Waals surface area (Å²) in [6, 6.07) is 5.68. The number of nitrogens with one attached hydrogen (secondary N) is 1. The van der Waals surface area contributed by atoms with Crippen molar-refractivity contribution in [1.82, 2.24) is 10.4 Å². The fourth-order valence-electron chi connectivity index (χ4n) is 2.59. The monoisotopic (exact) mass is 262 g/mol. The van der Waals surface area contributed by atoms with Crippen molar-refractivity contribution in [3.05, 3.63) is 34.9 Å². The Bertz CT molecular complexity index is 446. The number of hydroxylamine groups is 1. The van der Waals surface area contributed by atoms with E-state index in [4.69, 9.17) is 5.21 Å². The van der Waals surface area contributed by atoms with E-state index in [1.54, 1.807) is 11.5 Å². The van der Waals surface area contributed by atoms with Crippen molar-refractivity contribution in [3.63, 3.8) is 0 Å². The minimum Gasteiger partial charge on any atom is -0.299 e. The number of benzene rings is 1. The molecule has 0 aliphatic carbocycles. The van der Waals surface area contributed by atoms with Crippen molar-refractivity contribution in [3.8, 4) is 0 Å². The molecule has 104 valence electrons. The first-order valence-electron chi connectivity index (χ1n) is 7.03. The summed E-state index contributed by atoms with van der Waals surface area (Å²) in [4.78, 5) is 13.8. The van der Waals surface area contributed by atoms with Gasteiger partial charge in [-0.2, -0.15) is 0 Å². The first-order chi connectivity index (χ1) is 9.24. The second-order valence-corrected chi connectivity index (χ2v) is 5.16. The zero-order chi connectivity index (χ0) is 13.7. The van der Waals surface area contributed by atoms with Crippen molar-refractivity contribution in [2.75, 3.05) is 13.1 Å². The van der Waals surface area contributed by atoms with E-state index < -0.39 is 5.91 Å². The highest BCUT2D eigenvalue weighted by atomic mass is 16.5. The molecule has 0 saturated carbocycles. The fraction of sp³-hybridized carbons (Fsp3) is 0.533.